The van der Waals surface area contributed by atoms with Crippen LogP contribution in [0.1, 0.15) is 34.8 Å². The number of ether oxygens (including phenoxy) is 1. The Morgan fingerprint density at radius 3 is 2.65 bits per heavy atom. The minimum atomic E-state index is -1.29. The van der Waals surface area contributed by atoms with E-state index in [-0.39, 0.29) is 23.2 Å². The van der Waals surface area contributed by atoms with E-state index in [1.807, 2.05) is 0 Å². The summed E-state index contributed by atoms with van der Waals surface area (Å²) < 4.78 is 5.02. The van der Waals surface area contributed by atoms with Gasteiger partial charge in [0, 0.05) is 6.04 Å². The lowest BCUT2D eigenvalue weighted by atomic mass is 10.0. The highest BCUT2D eigenvalue weighted by molar-refractivity contribution is 6.33. The van der Waals surface area contributed by atoms with Gasteiger partial charge in [-0.25, -0.2) is 9.59 Å². The smallest absolute Gasteiger partial charge is 0.407 e. The summed E-state index contributed by atoms with van der Waals surface area (Å²) in [6, 6.07) is 3.60. The number of amides is 3. The first kappa shape index (κ1) is 16.9. The van der Waals surface area contributed by atoms with Crippen molar-refractivity contribution in [1.29, 1.82) is 0 Å². The number of carbonyl (C=O) groups excluding carboxylic acids is 2. The third-order valence-corrected chi connectivity index (χ3v) is 3.57. The zero-order chi connectivity index (χ0) is 17.0. The van der Waals surface area contributed by atoms with E-state index in [2.05, 4.69) is 10.6 Å². The number of carboxylic acid groups (broad SMARTS) is 1. The molecule has 1 aromatic rings. The Balaban J connectivity index is 2.10. The number of carbonyl (C=O) groups is 3. The summed E-state index contributed by atoms with van der Waals surface area (Å²) in [6.45, 7) is -0.231. The number of alkyl carbamates (subject to hydrolysis) is 1. The fourth-order valence-corrected chi connectivity index (χ4v) is 2.12. The topological polar surface area (TPSA) is 131 Å². The van der Waals surface area contributed by atoms with Crippen LogP contribution in [0.3, 0.4) is 0 Å². The lowest BCUT2D eigenvalue weighted by molar-refractivity contribution is 0.0999. The van der Waals surface area contributed by atoms with Crippen molar-refractivity contribution in [3.05, 3.63) is 34.3 Å². The van der Waals surface area contributed by atoms with Crippen LogP contribution in [0.15, 0.2) is 18.2 Å². The number of nitrogens with two attached hydrogens (primary N) is 1. The molecule has 5 N–H and O–H groups in total. The van der Waals surface area contributed by atoms with Gasteiger partial charge in [-0.2, -0.15) is 0 Å². The van der Waals surface area contributed by atoms with E-state index >= 15 is 0 Å². The zero-order valence-electron chi connectivity index (χ0n) is 12.0. The fourth-order valence-electron chi connectivity index (χ4n) is 1.91. The first-order valence-electron chi connectivity index (χ1n) is 6.89. The first-order chi connectivity index (χ1) is 10.9. The predicted molar refractivity (Wildman–Crippen MR) is 81.4 cm³/mol. The molecule has 23 heavy (non-hydrogen) atoms. The molecule has 1 aliphatic carbocycles. The second-order valence-electron chi connectivity index (χ2n) is 5.12. The van der Waals surface area contributed by atoms with Crippen LogP contribution in [-0.4, -0.2) is 35.8 Å². The molecular formula is C14H16ClN3O5. The normalized spacial score (nSPS) is 14.7. The van der Waals surface area contributed by atoms with Gasteiger partial charge in [-0.1, -0.05) is 17.7 Å². The zero-order valence-corrected chi connectivity index (χ0v) is 12.8. The van der Waals surface area contributed by atoms with E-state index in [4.69, 9.17) is 27.2 Å². The van der Waals surface area contributed by atoms with Gasteiger partial charge in [-0.15, -0.1) is 0 Å². The minimum absolute atomic E-state index is 0.0591. The van der Waals surface area contributed by atoms with E-state index in [1.165, 1.54) is 18.2 Å². The molecule has 0 saturated heterocycles. The quantitative estimate of drug-likeness (QED) is 0.624. The van der Waals surface area contributed by atoms with Crippen molar-refractivity contribution >= 4 is 29.7 Å². The average Bonchev–Trinajstić information content (AvgIpc) is 3.27. The van der Waals surface area contributed by atoms with Gasteiger partial charge in [0.15, 0.2) is 0 Å². The van der Waals surface area contributed by atoms with Crippen LogP contribution in [0.4, 0.5) is 9.59 Å². The van der Waals surface area contributed by atoms with Crippen molar-refractivity contribution in [1.82, 2.24) is 10.6 Å². The van der Waals surface area contributed by atoms with Crippen molar-refractivity contribution in [3.8, 4) is 0 Å². The van der Waals surface area contributed by atoms with Gasteiger partial charge >= 0.3 is 12.2 Å². The number of hydrogen-bond donors (Lipinski definition) is 4. The molecule has 0 radical (unpaired) electrons. The lowest BCUT2D eigenvalue weighted by Crippen LogP contribution is -2.34. The maximum atomic E-state index is 11.5. The summed E-state index contributed by atoms with van der Waals surface area (Å²) >= 11 is 5.86. The van der Waals surface area contributed by atoms with Crippen molar-refractivity contribution in [2.45, 2.75) is 24.9 Å². The van der Waals surface area contributed by atoms with Crippen molar-refractivity contribution < 1.29 is 24.2 Å². The molecule has 9 heteroatoms. The van der Waals surface area contributed by atoms with Crippen LogP contribution >= 0.6 is 11.6 Å². The Hall–Kier alpha value is -2.48. The molecule has 2 rings (SSSR count). The molecule has 3 amide bonds. The van der Waals surface area contributed by atoms with Gasteiger partial charge in [0.25, 0.3) is 0 Å². The Kier molecular flexibility index (Phi) is 5.28. The third kappa shape index (κ3) is 5.03. The largest absolute Gasteiger partial charge is 0.465 e. The number of halogens is 1. The molecule has 8 nitrogen and oxygen atoms in total. The van der Waals surface area contributed by atoms with Crippen LogP contribution in [0.2, 0.25) is 5.02 Å². The highest BCUT2D eigenvalue weighted by Gasteiger charge is 2.25. The number of benzene rings is 1. The standard InChI is InChI=1S/C14H16ClN3O5/c15-10-4-1-7(5-9(10)12(16)19)11(18-13(20)21)6-23-14(22)17-8-2-3-8/h1,4-5,8,11,18H,2-3,6H2,(H2,16,19)(H,17,22)(H,20,21). The van der Waals surface area contributed by atoms with Gasteiger partial charge in [-0.05, 0) is 30.5 Å². The number of nitrogens with one attached hydrogen (secondary N) is 2. The van der Waals surface area contributed by atoms with Crippen LogP contribution < -0.4 is 16.4 Å². The SMILES string of the molecule is NC(=O)c1cc(C(COC(=O)NC2CC2)NC(=O)O)ccc1Cl. The van der Waals surface area contributed by atoms with Gasteiger partial charge in [0.1, 0.15) is 6.61 Å². The van der Waals surface area contributed by atoms with Crippen molar-refractivity contribution in [2.75, 3.05) is 6.61 Å². The highest BCUT2D eigenvalue weighted by Crippen LogP contribution is 2.22. The summed E-state index contributed by atoms with van der Waals surface area (Å²) in [5, 5.41) is 13.9. The van der Waals surface area contributed by atoms with Crippen LogP contribution in [0.5, 0.6) is 0 Å². The van der Waals surface area contributed by atoms with Crippen LogP contribution in [0, 0.1) is 0 Å². The maximum absolute atomic E-state index is 11.5. The van der Waals surface area contributed by atoms with E-state index < -0.39 is 24.1 Å². The van der Waals surface area contributed by atoms with Gasteiger partial charge < -0.3 is 26.2 Å². The minimum Gasteiger partial charge on any atom is -0.465 e. The molecule has 1 aliphatic rings. The number of primary amides is 1. The molecule has 1 atom stereocenters. The number of rotatable bonds is 6. The molecule has 1 fully saturated rings. The predicted octanol–water partition coefficient (Wildman–Crippen LogP) is 1.64. The lowest BCUT2D eigenvalue weighted by Gasteiger charge is -2.18. The summed E-state index contributed by atoms with van der Waals surface area (Å²) in [5.41, 5.74) is 5.68. The third-order valence-electron chi connectivity index (χ3n) is 3.24. The Morgan fingerprint density at radius 1 is 1.39 bits per heavy atom. The molecule has 1 saturated carbocycles. The van der Waals surface area contributed by atoms with Crippen LogP contribution in [-0.2, 0) is 4.74 Å². The van der Waals surface area contributed by atoms with Gasteiger partial charge in [0.05, 0.1) is 16.6 Å². The Morgan fingerprint density at radius 2 is 2.09 bits per heavy atom. The Bertz CT molecular complexity index is 633. The van der Waals surface area contributed by atoms with E-state index in [1.54, 1.807) is 0 Å². The van der Waals surface area contributed by atoms with E-state index in [9.17, 15) is 14.4 Å². The molecule has 0 spiro atoms. The van der Waals surface area contributed by atoms with Crippen molar-refractivity contribution in [2.24, 2.45) is 5.73 Å². The Labute approximate surface area is 136 Å². The van der Waals surface area contributed by atoms with Crippen molar-refractivity contribution in [3.63, 3.8) is 0 Å². The van der Waals surface area contributed by atoms with Crippen LogP contribution in [0.25, 0.3) is 0 Å². The molecular weight excluding hydrogens is 326 g/mol. The highest BCUT2D eigenvalue weighted by atomic mass is 35.5. The summed E-state index contributed by atoms with van der Waals surface area (Å²) in [7, 11) is 0. The molecule has 0 aromatic heterocycles. The van der Waals surface area contributed by atoms with Gasteiger partial charge in [-0.3, -0.25) is 4.79 Å². The number of hydrogen-bond acceptors (Lipinski definition) is 4. The van der Waals surface area contributed by atoms with Gasteiger partial charge in [0.2, 0.25) is 5.91 Å². The average molecular weight is 342 g/mol. The van der Waals surface area contributed by atoms with E-state index in [0.29, 0.717) is 5.56 Å². The molecule has 0 aliphatic heterocycles. The monoisotopic (exact) mass is 341 g/mol. The molecule has 0 heterocycles. The summed E-state index contributed by atoms with van der Waals surface area (Å²) in [6.07, 6.45) is -0.0959. The summed E-state index contributed by atoms with van der Waals surface area (Å²) in [5.74, 6) is -0.738. The molecule has 0 bridgehead atoms. The van der Waals surface area contributed by atoms with E-state index in [0.717, 1.165) is 12.8 Å². The second kappa shape index (κ2) is 7.19. The second-order valence-corrected chi connectivity index (χ2v) is 5.53. The molecule has 124 valence electrons. The summed E-state index contributed by atoms with van der Waals surface area (Å²) in [4.78, 5) is 33.8. The molecule has 1 aromatic carbocycles. The first-order valence-corrected chi connectivity index (χ1v) is 7.26. The maximum Gasteiger partial charge on any atom is 0.407 e. The molecule has 1 unspecified atom stereocenters. The fraction of sp³-hybridized carbons (Fsp3) is 0.357.